The third kappa shape index (κ3) is 8.41. The molecule has 1 aliphatic carbocycles. The van der Waals surface area contributed by atoms with Gasteiger partial charge in [0.25, 0.3) is 0 Å². The van der Waals surface area contributed by atoms with E-state index < -0.39 is 11.9 Å². The molecule has 0 spiro atoms. The van der Waals surface area contributed by atoms with Crippen LogP contribution in [0.25, 0.3) is 17.2 Å². The molecule has 35 heavy (non-hydrogen) atoms. The number of esters is 3. The summed E-state index contributed by atoms with van der Waals surface area (Å²) in [6.07, 6.45) is 9.78. The molecule has 0 atom stereocenters. The van der Waals surface area contributed by atoms with Gasteiger partial charge in [-0.05, 0) is 72.9 Å². The first-order valence-electron chi connectivity index (χ1n) is 11.7. The lowest BCUT2D eigenvalue weighted by Crippen LogP contribution is -2.24. The lowest BCUT2D eigenvalue weighted by molar-refractivity contribution is -0.145. The Morgan fingerprint density at radius 1 is 0.800 bits per heavy atom. The van der Waals surface area contributed by atoms with Crippen LogP contribution in [0.15, 0.2) is 79.9 Å². The van der Waals surface area contributed by atoms with E-state index in [1.165, 1.54) is 12.2 Å². The van der Waals surface area contributed by atoms with Crippen LogP contribution in [-0.2, 0) is 23.9 Å². The highest BCUT2D eigenvalue weighted by molar-refractivity contribution is 5.87. The van der Waals surface area contributed by atoms with Gasteiger partial charge in [-0.15, -0.1) is 0 Å². The first-order chi connectivity index (χ1) is 17.0. The van der Waals surface area contributed by atoms with Gasteiger partial charge in [-0.2, -0.15) is 0 Å². The molecule has 0 aromatic heterocycles. The van der Waals surface area contributed by atoms with Crippen LogP contribution in [0.1, 0.15) is 37.7 Å². The van der Waals surface area contributed by atoms with Gasteiger partial charge < -0.3 is 14.2 Å². The molecule has 1 aliphatic rings. The van der Waals surface area contributed by atoms with Crippen molar-refractivity contribution in [2.24, 2.45) is 5.92 Å². The van der Waals surface area contributed by atoms with E-state index in [4.69, 9.17) is 14.2 Å². The molecule has 0 aliphatic heterocycles. The van der Waals surface area contributed by atoms with Gasteiger partial charge in [0.2, 0.25) is 0 Å². The highest BCUT2D eigenvalue weighted by Crippen LogP contribution is 2.29. The van der Waals surface area contributed by atoms with Crippen molar-refractivity contribution in [1.82, 2.24) is 0 Å². The number of rotatable bonds is 10. The number of carbonyl (C=O) groups is 3. The van der Waals surface area contributed by atoms with Gasteiger partial charge in [-0.25, -0.2) is 14.4 Å². The van der Waals surface area contributed by atoms with Gasteiger partial charge >= 0.3 is 17.9 Å². The Kier molecular flexibility index (Phi) is 9.60. The molecule has 1 fully saturated rings. The van der Waals surface area contributed by atoms with Crippen LogP contribution < -0.4 is 4.74 Å². The molecular weight excluding hydrogens is 444 g/mol. The van der Waals surface area contributed by atoms with Crippen molar-refractivity contribution in [2.75, 3.05) is 6.61 Å². The first kappa shape index (κ1) is 25.7. The molecule has 6 heteroatoms. The van der Waals surface area contributed by atoms with Gasteiger partial charge in [-0.1, -0.05) is 49.6 Å². The Hall–Kier alpha value is -3.93. The number of carbonyl (C=O) groups excluding carboxylic acids is 3. The van der Waals surface area contributed by atoms with Gasteiger partial charge in [0.15, 0.2) is 0 Å². The second kappa shape index (κ2) is 13.1. The molecule has 3 rings (SSSR count). The predicted molar refractivity (Wildman–Crippen MR) is 134 cm³/mol. The zero-order valence-electron chi connectivity index (χ0n) is 19.7. The molecule has 0 N–H and O–H groups in total. The number of hydrogen-bond acceptors (Lipinski definition) is 6. The highest BCUT2D eigenvalue weighted by atomic mass is 16.5. The fourth-order valence-corrected chi connectivity index (χ4v) is 3.95. The minimum Gasteiger partial charge on any atom is -0.463 e. The summed E-state index contributed by atoms with van der Waals surface area (Å²) in [5.41, 5.74) is 2.87. The maximum Gasteiger partial charge on any atom is 0.335 e. The van der Waals surface area contributed by atoms with E-state index in [-0.39, 0.29) is 12.1 Å². The third-order valence-corrected chi connectivity index (χ3v) is 5.91. The van der Waals surface area contributed by atoms with Gasteiger partial charge in [0.1, 0.15) is 11.9 Å². The predicted octanol–water partition coefficient (Wildman–Crippen LogP) is 5.68. The van der Waals surface area contributed by atoms with Crippen molar-refractivity contribution in [3.63, 3.8) is 0 Å². The van der Waals surface area contributed by atoms with E-state index in [9.17, 15) is 14.4 Å². The van der Waals surface area contributed by atoms with E-state index in [1.54, 1.807) is 18.2 Å². The van der Waals surface area contributed by atoms with Crippen LogP contribution in [0.3, 0.4) is 0 Å². The molecule has 6 nitrogen and oxygen atoms in total. The average Bonchev–Trinajstić information content (AvgIpc) is 2.89. The van der Waals surface area contributed by atoms with Crippen LogP contribution >= 0.6 is 0 Å². The normalized spacial score (nSPS) is 17.4. The van der Waals surface area contributed by atoms with E-state index in [2.05, 4.69) is 13.2 Å². The lowest BCUT2D eigenvalue weighted by atomic mass is 9.85. The summed E-state index contributed by atoms with van der Waals surface area (Å²) >= 11 is 0. The van der Waals surface area contributed by atoms with Gasteiger partial charge in [-0.3, -0.25) is 0 Å². The summed E-state index contributed by atoms with van der Waals surface area (Å²) in [6, 6.07) is 15.0. The molecule has 1 saturated carbocycles. The minimum absolute atomic E-state index is 0.0739. The molecular formula is C29H30O6. The Morgan fingerprint density at radius 3 is 2.00 bits per heavy atom. The van der Waals surface area contributed by atoms with Crippen molar-refractivity contribution in [3.05, 3.63) is 85.5 Å². The second-order valence-corrected chi connectivity index (χ2v) is 8.34. The Bertz CT molecular complexity index is 1060. The largest absolute Gasteiger partial charge is 0.463 e. The summed E-state index contributed by atoms with van der Waals surface area (Å²) < 4.78 is 15.7. The third-order valence-electron chi connectivity index (χ3n) is 5.91. The standard InChI is InChI=1S/C29H30O6/c1-3-27(30)33-20-19-22-7-14-25(15-8-22)35-29(32)18-9-21-5-10-23(11-6-21)24-12-16-26(17-13-24)34-28(31)4-2/h3-6,9-13,16-18,22,25H,1-2,7-8,14-15,19-20H2. The molecule has 0 heterocycles. The van der Waals surface area contributed by atoms with Crippen LogP contribution in [0.4, 0.5) is 0 Å². The van der Waals surface area contributed by atoms with Crippen molar-refractivity contribution in [1.29, 1.82) is 0 Å². The molecule has 0 radical (unpaired) electrons. The van der Waals surface area contributed by atoms with Crippen LogP contribution in [0.2, 0.25) is 0 Å². The zero-order chi connectivity index (χ0) is 25.0. The van der Waals surface area contributed by atoms with E-state index in [0.717, 1.165) is 54.9 Å². The van der Waals surface area contributed by atoms with Gasteiger partial charge in [0.05, 0.1) is 6.61 Å². The lowest BCUT2D eigenvalue weighted by Gasteiger charge is -2.27. The van der Waals surface area contributed by atoms with E-state index >= 15 is 0 Å². The smallest absolute Gasteiger partial charge is 0.335 e. The van der Waals surface area contributed by atoms with Crippen LogP contribution in [-0.4, -0.2) is 30.6 Å². The Morgan fingerprint density at radius 2 is 1.40 bits per heavy atom. The van der Waals surface area contributed by atoms with Crippen LogP contribution in [0, 0.1) is 5.92 Å². The van der Waals surface area contributed by atoms with Crippen molar-refractivity contribution < 1.29 is 28.6 Å². The van der Waals surface area contributed by atoms with Crippen molar-refractivity contribution in [2.45, 2.75) is 38.2 Å². The van der Waals surface area contributed by atoms with Crippen molar-refractivity contribution >= 4 is 24.0 Å². The first-order valence-corrected chi connectivity index (χ1v) is 11.7. The topological polar surface area (TPSA) is 78.9 Å². The fraction of sp³-hybridized carbons (Fsp3) is 0.276. The van der Waals surface area contributed by atoms with Crippen molar-refractivity contribution in [3.8, 4) is 16.9 Å². The molecule has 0 amide bonds. The van der Waals surface area contributed by atoms with E-state index in [1.807, 2.05) is 36.4 Å². The monoisotopic (exact) mass is 474 g/mol. The quantitative estimate of drug-likeness (QED) is 0.250. The maximum absolute atomic E-state index is 12.2. The SMILES string of the molecule is C=CC(=O)OCCC1CCC(OC(=O)C=Cc2ccc(-c3ccc(OC(=O)C=C)cc3)cc2)CC1. The van der Waals surface area contributed by atoms with Gasteiger partial charge in [0, 0.05) is 18.2 Å². The molecule has 2 aromatic carbocycles. The van der Waals surface area contributed by atoms with Crippen LogP contribution in [0.5, 0.6) is 5.75 Å². The highest BCUT2D eigenvalue weighted by Gasteiger charge is 2.23. The summed E-state index contributed by atoms with van der Waals surface area (Å²) in [4.78, 5) is 34.6. The molecule has 182 valence electrons. The average molecular weight is 475 g/mol. The maximum atomic E-state index is 12.2. The second-order valence-electron chi connectivity index (χ2n) is 8.34. The molecule has 0 bridgehead atoms. The molecule has 2 aromatic rings. The van der Waals surface area contributed by atoms with E-state index in [0.29, 0.717) is 18.3 Å². The summed E-state index contributed by atoms with van der Waals surface area (Å²) in [5.74, 6) is -0.295. The zero-order valence-corrected chi connectivity index (χ0v) is 19.7. The Labute approximate surface area is 205 Å². The number of benzene rings is 2. The Balaban J connectivity index is 1.43. The molecule has 0 unspecified atom stereocenters. The number of ether oxygens (including phenoxy) is 3. The summed E-state index contributed by atoms with van der Waals surface area (Å²) in [7, 11) is 0. The summed E-state index contributed by atoms with van der Waals surface area (Å²) in [5, 5.41) is 0. The fourth-order valence-electron chi connectivity index (χ4n) is 3.95. The number of hydrogen-bond donors (Lipinski definition) is 0. The minimum atomic E-state index is -0.496. The summed E-state index contributed by atoms with van der Waals surface area (Å²) in [6.45, 7) is 7.16. The molecule has 0 saturated heterocycles.